The van der Waals surface area contributed by atoms with Gasteiger partial charge in [-0.2, -0.15) is 0 Å². The maximum atomic E-state index is 13.4. The SMILES string of the molecule is CCC1CCC(C)N1c1ccc(F)cc1[C@H](C)N. The highest BCUT2D eigenvalue weighted by atomic mass is 19.1. The van der Waals surface area contributed by atoms with Crippen LogP contribution in [0.3, 0.4) is 0 Å². The Morgan fingerprint density at radius 3 is 2.78 bits per heavy atom. The van der Waals surface area contributed by atoms with Crippen molar-refractivity contribution in [3.8, 4) is 0 Å². The summed E-state index contributed by atoms with van der Waals surface area (Å²) in [5.41, 5.74) is 8.02. The van der Waals surface area contributed by atoms with Crippen LogP contribution in [-0.2, 0) is 0 Å². The van der Waals surface area contributed by atoms with Gasteiger partial charge in [0.15, 0.2) is 0 Å². The summed E-state index contributed by atoms with van der Waals surface area (Å²) in [6.45, 7) is 6.37. The summed E-state index contributed by atoms with van der Waals surface area (Å²) in [5, 5.41) is 0. The van der Waals surface area contributed by atoms with Crippen molar-refractivity contribution in [2.75, 3.05) is 4.90 Å². The highest BCUT2D eigenvalue weighted by molar-refractivity contribution is 5.57. The molecule has 2 nitrogen and oxygen atoms in total. The van der Waals surface area contributed by atoms with Crippen molar-refractivity contribution >= 4 is 5.69 Å². The molecule has 1 aliphatic heterocycles. The van der Waals surface area contributed by atoms with Gasteiger partial charge in [0.2, 0.25) is 0 Å². The molecule has 1 aromatic rings. The van der Waals surface area contributed by atoms with Crippen LogP contribution in [0.25, 0.3) is 0 Å². The van der Waals surface area contributed by atoms with E-state index >= 15 is 0 Å². The van der Waals surface area contributed by atoms with Crippen LogP contribution in [0, 0.1) is 5.82 Å². The van der Waals surface area contributed by atoms with Crippen LogP contribution < -0.4 is 10.6 Å². The molecule has 1 heterocycles. The minimum atomic E-state index is -0.203. The average molecular weight is 250 g/mol. The molecule has 1 fully saturated rings. The third-order valence-corrected chi connectivity index (χ3v) is 4.02. The zero-order chi connectivity index (χ0) is 13.3. The van der Waals surface area contributed by atoms with Crippen LogP contribution in [0.4, 0.5) is 10.1 Å². The topological polar surface area (TPSA) is 29.3 Å². The molecule has 0 radical (unpaired) electrons. The zero-order valence-electron chi connectivity index (χ0n) is 11.5. The highest BCUT2D eigenvalue weighted by Crippen LogP contribution is 2.36. The Labute approximate surface area is 109 Å². The van der Waals surface area contributed by atoms with E-state index in [0.717, 1.165) is 17.7 Å². The van der Waals surface area contributed by atoms with Gasteiger partial charge in [0.05, 0.1) is 0 Å². The van der Waals surface area contributed by atoms with Crippen molar-refractivity contribution in [3.63, 3.8) is 0 Å². The van der Waals surface area contributed by atoms with E-state index < -0.39 is 0 Å². The third kappa shape index (κ3) is 2.37. The molecule has 1 aliphatic rings. The van der Waals surface area contributed by atoms with Gasteiger partial charge in [0, 0.05) is 23.8 Å². The van der Waals surface area contributed by atoms with Gasteiger partial charge in [-0.1, -0.05) is 6.92 Å². The van der Waals surface area contributed by atoms with Gasteiger partial charge < -0.3 is 10.6 Å². The fourth-order valence-corrected chi connectivity index (χ4v) is 3.03. The lowest BCUT2D eigenvalue weighted by Crippen LogP contribution is -2.35. The van der Waals surface area contributed by atoms with Crippen molar-refractivity contribution in [2.24, 2.45) is 5.73 Å². The van der Waals surface area contributed by atoms with Crippen LogP contribution in [-0.4, -0.2) is 12.1 Å². The Kier molecular flexibility index (Phi) is 3.91. The van der Waals surface area contributed by atoms with Gasteiger partial charge in [-0.15, -0.1) is 0 Å². The standard InChI is InChI=1S/C15H23FN2/c1-4-13-7-5-10(2)18(13)15-8-6-12(16)9-14(15)11(3)17/h6,8-11,13H,4-5,7,17H2,1-3H3/t10?,11-,13?/m0/s1. The van der Waals surface area contributed by atoms with Crippen LogP contribution in [0.1, 0.15) is 51.6 Å². The van der Waals surface area contributed by atoms with Crippen molar-refractivity contribution in [1.29, 1.82) is 0 Å². The van der Waals surface area contributed by atoms with Gasteiger partial charge in [-0.25, -0.2) is 4.39 Å². The zero-order valence-corrected chi connectivity index (χ0v) is 11.5. The molecule has 0 bridgehead atoms. The van der Waals surface area contributed by atoms with E-state index in [2.05, 4.69) is 18.7 Å². The number of halogens is 1. The molecule has 0 spiro atoms. The molecule has 3 heteroatoms. The van der Waals surface area contributed by atoms with E-state index in [9.17, 15) is 4.39 Å². The van der Waals surface area contributed by atoms with Gasteiger partial charge in [0.1, 0.15) is 5.82 Å². The van der Waals surface area contributed by atoms with E-state index in [0.29, 0.717) is 12.1 Å². The number of rotatable bonds is 3. The largest absolute Gasteiger partial charge is 0.366 e. The summed E-state index contributed by atoms with van der Waals surface area (Å²) in [7, 11) is 0. The fraction of sp³-hybridized carbons (Fsp3) is 0.600. The number of hydrogen-bond donors (Lipinski definition) is 1. The molecule has 18 heavy (non-hydrogen) atoms. The Morgan fingerprint density at radius 2 is 2.17 bits per heavy atom. The highest BCUT2D eigenvalue weighted by Gasteiger charge is 2.31. The van der Waals surface area contributed by atoms with E-state index in [1.807, 2.05) is 13.0 Å². The Balaban J connectivity index is 2.43. The fourth-order valence-electron chi connectivity index (χ4n) is 3.03. The second kappa shape index (κ2) is 5.27. The molecule has 1 saturated heterocycles. The number of nitrogens with zero attached hydrogens (tertiary/aromatic N) is 1. The monoisotopic (exact) mass is 250 g/mol. The van der Waals surface area contributed by atoms with Crippen molar-refractivity contribution in [2.45, 2.75) is 58.2 Å². The normalized spacial score (nSPS) is 25.5. The number of nitrogens with two attached hydrogens (primary N) is 1. The molecule has 0 saturated carbocycles. The van der Waals surface area contributed by atoms with Gasteiger partial charge in [-0.3, -0.25) is 0 Å². The van der Waals surface area contributed by atoms with Crippen LogP contribution in [0.15, 0.2) is 18.2 Å². The predicted molar refractivity (Wildman–Crippen MR) is 74.3 cm³/mol. The molecule has 2 N–H and O–H groups in total. The Bertz CT molecular complexity index is 417. The average Bonchev–Trinajstić information content (AvgIpc) is 2.70. The summed E-state index contributed by atoms with van der Waals surface area (Å²) in [6, 6.07) is 5.94. The summed E-state index contributed by atoms with van der Waals surface area (Å²) in [4.78, 5) is 2.43. The molecule has 100 valence electrons. The molecule has 3 atom stereocenters. The van der Waals surface area contributed by atoms with Gasteiger partial charge >= 0.3 is 0 Å². The van der Waals surface area contributed by atoms with E-state index in [4.69, 9.17) is 5.73 Å². The minimum Gasteiger partial charge on any atom is -0.366 e. The first kappa shape index (κ1) is 13.3. The van der Waals surface area contributed by atoms with Crippen molar-refractivity contribution < 1.29 is 4.39 Å². The second-order valence-electron chi connectivity index (χ2n) is 5.39. The van der Waals surface area contributed by atoms with E-state index in [1.54, 1.807) is 12.1 Å². The molecule has 0 aliphatic carbocycles. The van der Waals surface area contributed by atoms with E-state index in [-0.39, 0.29) is 11.9 Å². The minimum absolute atomic E-state index is 0.138. The second-order valence-corrected chi connectivity index (χ2v) is 5.39. The quantitative estimate of drug-likeness (QED) is 0.888. The first-order chi connectivity index (χ1) is 8.54. The van der Waals surface area contributed by atoms with E-state index in [1.165, 1.54) is 12.8 Å². The summed E-state index contributed by atoms with van der Waals surface area (Å²) in [6.07, 6.45) is 3.54. The maximum absolute atomic E-state index is 13.4. The third-order valence-electron chi connectivity index (χ3n) is 4.02. The van der Waals surface area contributed by atoms with Gasteiger partial charge in [0.25, 0.3) is 0 Å². The summed E-state index contributed by atoms with van der Waals surface area (Å²) < 4.78 is 13.4. The van der Waals surface area contributed by atoms with Crippen molar-refractivity contribution in [3.05, 3.63) is 29.6 Å². The van der Waals surface area contributed by atoms with Crippen LogP contribution in [0.2, 0.25) is 0 Å². The lowest BCUT2D eigenvalue weighted by molar-refractivity contribution is 0.607. The number of benzene rings is 1. The summed E-state index contributed by atoms with van der Waals surface area (Å²) in [5.74, 6) is -0.203. The lowest BCUT2D eigenvalue weighted by Gasteiger charge is -2.33. The maximum Gasteiger partial charge on any atom is 0.123 e. The lowest BCUT2D eigenvalue weighted by atomic mass is 10.0. The molecule has 2 rings (SSSR count). The van der Waals surface area contributed by atoms with Crippen molar-refractivity contribution in [1.82, 2.24) is 0 Å². The first-order valence-electron chi connectivity index (χ1n) is 6.88. The number of anilines is 1. The summed E-state index contributed by atoms with van der Waals surface area (Å²) >= 11 is 0. The number of hydrogen-bond acceptors (Lipinski definition) is 2. The van der Waals surface area contributed by atoms with Gasteiger partial charge in [-0.05, 0) is 56.9 Å². The Morgan fingerprint density at radius 1 is 1.44 bits per heavy atom. The molecule has 0 aromatic heterocycles. The molecule has 2 unspecified atom stereocenters. The van der Waals surface area contributed by atoms with Crippen LogP contribution in [0.5, 0.6) is 0 Å². The molecular weight excluding hydrogens is 227 g/mol. The molecule has 1 aromatic carbocycles. The Hall–Kier alpha value is -1.09. The van der Waals surface area contributed by atoms with Crippen LogP contribution >= 0.6 is 0 Å². The predicted octanol–water partition coefficient (Wildman–Crippen LogP) is 3.61. The first-order valence-corrected chi connectivity index (χ1v) is 6.88. The molecular formula is C15H23FN2. The molecule has 0 amide bonds. The smallest absolute Gasteiger partial charge is 0.123 e.